The molecular formula is C21H19ClN4O. The van der Waals surface area contributed by atoms with Gasteiger partial charge in [-0.3, -0.25) is 4.79 Å². The van der Waals surface area contributed by atoms with E-state index in [4.69, 9.17) is 11.6 Å². The van der Waals surface area contributed by atoms with E-state index < -0.39 is 0 Å². The van der Waals surface area contributed by atoms with Crippen LogP contribution in [0, 0.1) is 6.92 Å². The summed E-state index contributed by atoms with van der Waals surface area (Å²) in [5.41, 5.74) is 4.05. The van der Waals surface area contributed by atoms with Crippen molar-refractivity contribution in [2.75, 3.05) is 0 Å². The van der Waals surface area contributed by atoms with Gasteiger partial charge in [0.1, 0.15) is 5.65 Å². The lowest BCUT2D eigenvalue weighted by atomic mass is 10.2. The second-order valence-electron chi connectivity index (χ2n) is 6.41. The third kappa shape index (κ3) is 3.52. The van der Waals surface area contributed by atoms with Crippen molar-refractivity contribution in [3.63, 3.8) is 0 Å². The highest BCUT2D eigenvalue weighted by Crippen LogP contribution is 2.20. The first-order chi connectivity index (χ1) is 13.1. The molecule has 4 aromatic rings. The van der Waals surface area contributed by atoms with Gasteiger partial charge in [0.25, 0.3) is 5.56 Å². The number of rotatable bonds is 5. The Balaban J connectivity index is 1.62. The number of pyridine rings is 1. The van der Waals surface area contributed by atoms with Crippen molar-refractivity contribution in [1.82, 2.24) is 20.1 Å². The molecule has 0 saturated carbocycles. The van der Waals surface area contributed by atoms with Crippen LogP contribution < -0.4 is 10.9 Å². The van der Waals surface area contributed by atoms with Gasteiger partial charge in [-0.2, -0.15) is 5.10 Å². The highest BCUT2D eigenvalue weighted by Gasteiger charge is 2.12. The van der Waals surface area contributed by atoms with Crippen LogP contribution in [-0.2, 0) is 13.1 Å². The Morgan fingerprint density at radius 1 is 1.04 bits per heavy atom. The Labute approximate surface area is 161 Å². The molecule has 2 heterocycles. The van der Waals surface area contributed by atoms with Crippen LogP contribution in [0.25, 0.3) is 16.7 Å². The van der Waals surface area contributed by atoms with E-state index in [1.165, 1.54) is 0 Å². The third-order valence-electron chi connectivity index (χ3n) is 4.54. The van der Waals surface area contributed by atoms with Gasteiger partial charge in [-0.15, -0.1) is 0 Å². The molecule has 6 heteroatoms. The number of benzene rings is 2. The fourth-order valence-electron chi connectivity index (χ4n) is 3.12. The van der Waals surface area contributed by atoms with E-state index in [0.717, 1.165) is 22.3 Å². The van der Waals surface area contributed by atoms with Crippen LogP contribution in [0.1, 0.15) is 16.8 Å². The monoisotopic (exact) mass is 378 g/mol. The first-order valence-electron chi connectivity index (χ1n) is 8.74. The molecule has 27 heavy (non-hydrogen) atoms. The van der Waals surface area contributed by atoms with Crippen molar-refractivity contribution in [3.8, 4) is 5.69 Å². The molecule has 2 aromatic heterocycles. The summed E-state index contributed by atoms with van der Waals surface area (Å²) in [5, 5.41) is 9.54. The lowest BCUT2D eigenvalue weighted by Crippen LogP contribution is -2.21. The van der Waals surface area contributed by atoms with Crippen LogP contribution >= 0.6 is 11.6 Å². The maximum absolute atomic E-state index is 12.6. The SMILES string of the molecule is Cc1nn(-c2ccccc2)c2[nH]c(=O)c(CNCc3ccccc3Cl)cc12. The number of hydrogen-bond acceptors (Lipinski definition) is 3. The second kappa shape index (κ2) is 7.39. The van der Waals surface area contributed by atoms with E-state index in [-0.39, 0.29) is 5.56 Å². The third-order valence-corrected chi connectivity index (χ3v) is 4.91. The van der Waals surface area contributed by atoms with Gasteiger partial charge in [0.05, 0.1) is 11.4 Å². The molecule has 0 spiro atoms. The molecule has 2 N–H and O–H groups in total. The number of aromatic amines is 1. The Hall–Kier alpha value is -2.89. The van der Waals surface area contributed by atoms with Crippen molar-refractivity contribution in [1.29, 1.82) is 0 Å². The van der Waals surface area contributed by atoms with Crippen LogP contribution in [0.4, 0.5) is 0 Å². The number of aromatic nitrogens is 3. The summed E-state index contributed by atoms with van der Waals surface area (Å²) >= 11 is 6.18. The number of hydrogen-bond donors (Lipinski definition) is 2. The maximum Gasteiger partial charge on any atom is 0.254 e. The first kappa shape index (κ1) is 17.5. The summed E-state index contributed by atoms with van der Waals surface area (Å²) < 4.78 is 1.77. The van der Waals surface area contributed by atoms with Crippen LogP contribution in [0.15, 0.2) is 65.5 Å². The summed E-state index contributed by atoms with van der Waals surface area (Å²) in [6, 6.07) is 19.4. The van der Waals surface area contributed by atoms with Gasteiger partial charge in [-0.05, 0) is 36.8 Å². The van der Waals surface area contributed by atoms with E-state index in [1.54, 1.807) is 4.68 Å². The average molecular weight is 379 g/mol. The molecule has 136 valence electrons. The van der Waals surface area contributed by atoms with Crippen LogP contribution in [-0.4, -0.2) is 14.8 Å². The van der Waals surface area contributed by atoms with E-state index in [1.807, 2.05) is 67.6 Å². The van der Waals surface area contributed by atoms with Gasteiger partial charge >= 0.3 is 0 Å². The van der Waals surface area contributed by atoms with Crippen molar-refractivity contribution in [2.45, 2.75) is 20.0 Å². The van der Waals surface area contributed by atoms with Gasteiger partial charge in [0, 0.05) is 29.1 Å². The van der Waals surface area contributed by atoms with Crippen molar-refractivity contribution >= 4 is 22.6 Å². The smallest absolute Gasteiger partial charge is 0.254 e. The zero-order valence-electron chi connectivity index (χ0n) is 14.9. The molecule has 0 aliphatic carbocycles. The molecule has 0 amide bonds. The Kier molecular flexibility index (Phi) is 4.79. The Morgan fingerprint density at radius 2 is 1.74 bits per heavy atom. The number of fused-ring (bicyclic) bond motifs is 1. The molecule has 0 bridgehead atoms. The minimum atomic E-state index is -0.119. The predicted molar refractivity (Wildman–Crippen MR) is 108 cm³/mol. The molecule has 0 saturated heterocycles. The highest BCUT2D eigenvalue weighted by atomic mass is 35.5. The van der Waals surface area contributed by atoms with Gasteiger partial charge in [0.2, 0.25) is 0 Å². The molecule has 0 atom stereocenters. The molecule has 0 radical (unpaired) electrons. The number of halogens is 1. The minimum absolute atomic E-state index is 0.119. The average Bonchev–Trinajstić information content (AvgIpc) is 3.00. The number of H-pyrrole nitrogens is 1. The van der Waals surface area contributed by atoms with E-state index in [2.05, 4.69) is 15.4 Å². The summed E-state index contributed by atoms with van der Waals surface area (Å²) in [6.45, 7) is 2.99. The van der Waals surface area contributed by atoms with Gasteiger partial charge < -0.3 is 10.3 Å². The number of para-hydroxylation sites is 1. The van der Waals surface area contributed by atoms with Gasteiger partial charge in [-0.25, -0.2) is 4.68 Å². The standard InChI is InChI=1S/C21H19ClN4O/c1-14-18-11-16(13-23-12-15-7-5-6-10-19(15)22)21(27)24-20(18)26(25-14)17-8-3-2-4-9-17/h2-11,23H,12-13H2,1H3,(H,24,27). The van der Waals surface area contributed by atoms with Crippen LogP contribution in [0.5, 0.6) is 0 Å². The van der Waals surface area contributed by atoms with Crippen molar-refractivity contribution < 1.29 is 0 Å². The Morgan fingerprint density at radius 3 is 2.52 bits per heavy atom. The number of aryl methyl sites for hydroxylation is 1. The summed E-state index contributed by atoms with van der Waals surface area (Å²) in [4.78, 5) is 15.6. The fourth-order valence-corrected chi connectivity index (χ4v) is 3.32. The summed E-state index contributed by atoms with van der Waals surface area (Å²) in [7, 11) is 0. The molecule has 0 unspecified atom stereocenters. The normalized spacial score (nSPS) is 11.2. The van der Waals surface area contributed by atoms with Crippen molar-refractivity contribution in [3.05, 3.63) is 92.9 Å². The highest BCUT2D eigenvalue weighted by molar-refractivity contribution is 6.31. The largest absolute Gasteiger partial charge is 0.308 e. The minimum Gasteiger partial charge on any atom is -0.308 e. The number of nitrogens with zero attached hydrogens (tertiary/aromatic N) is 2. The molecule has 0 aliphatic rings. The maximum atomic E-state index is 12.6. The number of nitrogens with one attached hydrogen (secondary N) is 2. The lowest BCUT2D eigenvalue weighted by Gasteiger charge is -2.07. The van der Waals surface area contributed by atoms with E-state index >= 15 is 0 Å². The summed E-state index contributed by atoms with van der Waals surface area (Å²) in [6.07, 6.45) is 0. The molecule has 2 aromatic carbocycles. The van der Waals surface area contributed by atoms with Crippen LogP contribution in [0.2, 0.25) is 5.02 Å². The Bertz CT molecular complexity index is 1150. The fraction of sp³-hybridized carbons (Fsp3) is 0.143. The predicted octanol–water partition coefficient (Wildman–Crippen LogP) is 3.97. The lowest BCUT2D eigenvalue weighted by molar-refractivity contribution is 0.688. The van der Waals surface area contributed by atoms with Crippen molar-refractivity contribution in [2.24, 2.45) is 0 Å². The quantitative estimate of drug-likeness (QED) is 0.552. The molecular weight excluding hydrogens is 360 g/mol. The topological polar surface area (TPSA) is 62.7 Å². The van der Waals surface area contributed by atoms with Crippen LogP contribution in [0.3, 0.4) is 0 Å². The molecule has 0 aliphatic heterocycles. The zero-order valence-corrected chi connectivity index (χ0v) is 15.6. The zero-order chi connectivity index (χ0) is 18.8. The molecule has 5 nitrogen and oxygen atoms in total. The van der Waals surface area contributed by atoms with E-state index in [9.17, 15) is 4.79 Å². The molecule has 0 fully saturated rings. The van der Waals surface area contributed by atoms with Gasteiger partial charge in [-0.1, -0.05) is 48.0 Å². The summed E-state index contributed by atoms with van der Waals surface area (Å²) in [5.74, 6) is 0. The molecule has 4 rings (SSSR count). The second-order valence-corrected chi connectivity index (χ2v) is 6.82. The van der Waals surface area contributed by atoms with E-state index in [0.29, 0.717) is 29.3 Å². The first-order valence-corrected chi connectivity index (χ1v) is 9.12. The van der Waals surface area contributed by atoms with Gasteiger partial charge in [0.15, 0.2) is 0 Å².